The van der Waals surface area contributed by atoms with Crippen molar-refractivity contribution in [2.75, 3.05) is 0 Å². The highest BCUT2D eigenvalue weighted by Crippen LogP contribution is 2.20. The zero-order valence-corrected chi connectivity index (χ0v) is 9.71. The molecule has 0 saturated heterocycles. The second-order valence-corrected chi connectivity index (χ2v) is 4.18. The Hall–Kier alpha value is -1.42. The van der Waals surface area contributed by atoms with E-state index in [1.807, 2.05) is 37.3 Å². The van der Waals surface area contributed by atoms with E-state index in [1.54, 1.807) is 0 Å². The van der Waals surface area contributed by atoms with Gasteiger partial charge in [0.1, 0.15) is 0 Å². The molecular formula is C11H9BrN2O. The summed E-state index contributed by atoms with van der Waals surface area (Å²) in [6.07, 6.45) is 0. The van der Waals surface area contributed by atoms with Gasteiger partial charge in [-0.05, 0) is 25.1 Å². The van der Waals surface area contributed by atoms with E-state index in [9.17, 15) is 4.79 Å². The standard InChI is InChI=1S/C11H9BrN2O/c1-7-5-10(14-11(15)13-7)8-3-2-4-9(12)6-8/h2-6H,1H3,(H,13,14,15). The van der Waals surface area contributed by atoms with Crippen LogP contribution in [-0.4, -0.2) is 9.97 Å². The molecule has 3 nitrogen and oxygen atoms in total. The molecule has 0 amide bonds. The fourth-order valence-corrected chi connectivity index (χ4v) is 1.77. The molecule has 2 aromatic rings. The third kappa shape index (κ3) is 2.33. The van der Waals surface area contributed by atoms with Crippen LogP contribution in [0.4, 0.5) is 0 Å². The summed E-state index contributed by atoms with van der Waals surface area (Å²) in [5.41, 5.74) is 2.12. The summed E-state index contributed by atoms with van der Waals surface area (Å²) in [6, 6.07) is 9.55. The van der Waals surface area contributed by atoms with E-state index in [0.717, 1.165) is 15.7 Å². The summed E-state index contributed by atoms with van der Waals surface area (Å²) >= 11 is 3.38. The van der Waals surface area contributed by atoms with Crippen molar-refractivity contribution in [1.82, 2.24) is 9.97 Å². The molecule has 0 saturated carbocycles. The van der Waals surface area contributed by atoms with Gasteiger partial charge < -0.3 is 4.98 Å². The van der Waals surface area contributed by atoms with Gasteiger partial charge in [-0.2, -0.15) is 4.98 Å². The Balaban J connectivity index is 2.59. The van der Waals surface area contributed by atoms with Gasteiger partial charge in [0.05, 0.1) is 5.69 Å². The first-order valence-electron chi connectivity index (χ1n) is 4.49. The van der Waals surface area contributed by atoms with Gasteiger partial charge in [-0.3, -0.25) is 0 Å². The normalized spacial score (nSPS) is 10.3. The topological polar surface area (TPSA) is 45.8 Å². The van der Waals surface area contributed by atoms with Gasteiger partial charge in [0.15, 0.2) is 0 Å². The first-order chi connectivity index (χ1) is 7.15. The molecule has 0 bridgehead atoms. The Labute approximate surface area is 95.3 Å². The number of benzene rings is 1. The van der Waals surface area contributed by atoms with Crippen molar-refractivity contribution in [2.45, 2.75) is 6.92 Å². The van der Waals surface area contributed by atoms with Gasteiger partial charge in [0.2, 0.25) is 0 Å². The number of nitrogens with one attached hydrogen (secondary N) is 1. The molecule has 0 atom stereocenters. The second-order valence-electron chi connectivity index (χ2n) is 3.26. The number of aromatic amines is 1. The predicted octanol–water partition coefficient (Wildman–Crippen LogP) is 2.51. The molecule has 76 valence electrons. The number of aryl methyl sites for hydroxylation is 1. The Bertz CT molecular complexity index is 548. The van der Waals surface area contributed by atoms with Gasteiger partial charge in [0.25, 0.3) is 0 Å². The summed E-state index contributed by atoms with van der Waals surface area (Å²) in [7, 11) is 0. The molecule has 0 aliphatic rings. The van der Waals surface area contributed by atoms with Crippen molar-refractivity contribution in [3.63, 3.8) is 0 Å². The number of H-pyrrole nitrogens is 1. The molecule has 0 radical (unpaired) electrons. The van der Waals surface area contributed by atoms with Crippen LogP contribution in [0.1, 0.15) is 5.69 Å². The zero-order valence-electron chi connectivity index (χ0n) is 8.12. The highest BCUT2D eigenvalue weighted by Gasteiger charge is 2.01. The summed E-state index contributed by atoms with van der Waals surface area (Å²) < 4.78 is 0.972. The molecule has 1 aromatic carbocycles. The van der Waals surface area contributed by atoms with Crippen LogP contribution < -0.4 is 5.69 Å². The minimum absolute atomic E-state index is 0.315. The highest BCUT2D eigenvalue weighted by molar-refractivity contribution is 9.10. The monoisotopic (exact) mass is 264 g/mol. The number of nitrogens with zero attached hydrogens (tertiary/aromatic N) is 1. The molecule has 1 N–H and O–H groups in total. The molecule has 4 heteroatoms. The van der Waals surface area contributed by atoms with E-state index < -0.39 is 0 Å². The van der Waals surface area contributed by atoms with Crippen LogP contribution in [-0.2, 0) is 0 Å². The van der Waals surface area contributed by atoms with Crippen molar-refractivity contribution >= 4 is 15.9 Å². The lowest BCUT2D eigenvalue weighted by atomic mass is 10.1. The van der Waals surface area contributed by atoms with Crippen molar-refractivity contribution in [3.8, 4) is 11.3 Å². The Morgan fingerprint density at radius 3 is 2.80 bits per heavy atom. The van der Waals surface area contributed by atoms with E-state index in [4.69, 9.17) is 0 Å². The molecule has 0 aliphatic carbocycles. The van der Waals surface area contributed by atoms with Crippen LogP contribution in [0, 0.1) is 6.92 Å². The van der Waals surface area contributed by atoms with Gasteiger partial charge in [-0.25, -0.2) is 4.79 Å². The van der Waals surface area contributed by atoms with Crippen LogP contribution in [0.15, 0.2) is 39.6 Å². The fraction of sp³-hybridized carbons (Fsp3) is 0.0909. The average molecular weight is 265 g/mol. The molecule has 0 unspecified atom stereocenters. The van der Waals surface area contributed by atoms with Crippen LogP contribution in [0.25, 0.3) is 11.3 Å². The maximum atomic E-state index is 11.2. The molecule has 1 aromatic heterocycles. The number of halogens is 1. The summed E-state index contributed by atoms with van der Waals surface area (Å²) in [4.78, 5) is 17.7. The lowest BCUT2D eigenvalue weighted by molar-refractivity contribution is 1.03. The molecule has 15 heavy (non-hydrogen) atoms. The van der Waals surface area contributed by atoms with E-state index in [0.29, 0.717) is 5.69 Å². The number of hydrogen-bond acceptors (Lipinski definition) is 2. The number of hydrogen-bond donors (Lipinski definition) is 1. The maximum Gasteiger partial charge on any atom is 0.345 e. The predicted molar refractivity (Wildman–Crippen MR) is 62.7 cm³/mol. The van der Waals surface area contributed by atoms with Crippen LogP contribution in [0.5, 0.6) is 0 Å². The zero-order chi connectivity index (χ0) is 10.8. The van der Waals surface area contributed by atoms with Gasteiger partial charge in [0, 0.05) is 15.7 Å². The number of rotatable bonds is 1. The van der Waals surface area contributed by atoms with Gasteiger partial charge >= 0.3 is 5.69 Å². The van der Waals surface area contributed by atoms with Crippen molar-refractivity contribution in [1.29, 1.82) is 0 Å². The fourth-order valence-electron chi connectivity index (χ4n) is 1.38. The molecule has 1 heterocycles. The van der Waals surface area contributed by atoms with E-state index in [-0.39, 0.29) is 5.69 Å². The quantitative estimate of drug-likeness (QED) is 0.861. The highest BCUT2D eigenvalue weighted by atomic mass is 79.9. The summed E-state index contributed by atoms with van der Waals surface area (Å²) in [6.45, 7) is 1.84. The van der Waals surface area contributed by atoms with E-state index >= 15 is 0 Å². The molecular weight excluding hydrogens is 256 g/mol. The van der Waals surface area contributed by atoms with Gasteiger partial charge in [-0.15, -0.1) is 0 Å². The second kappa shape index (κ2) is 3.98. The Kier molecular flexibility index (Phi) is 2.68. The lowest BCUT2D eigenvalue weighted by Crippen LogP contribution is -2.11. The van der Waals surface area contributed by atoms with Crippen molar-refractivity contribution in [2.24, 2.45) is 0 Å². The van der Waals surface area contributed by atoms with Crippen LogP contribution in [0.3, 0.4) is 0 Å². The Morgan fingerprint density at radius 1 is 1.33 bits per heavy atom. The first kappa shape index (κ1) is 10.1. The van der Waals surface area contributed by atoms with E-state index in [1.165, 1.54) is 0 Å². The molecule has 2 rings (SSSR count). The summed E-state index contributed by atoms with van der Waals surface area (Å²) in [5.74, 6) is 0. The average Bonchev–Trinajstić information content (AvgIpc) is 2.16. The smallest absolute Gasteiger partial charge is 0.310 e. The Morgan fingerprint density at radius 2 is 2.13 bits per heavy atom. The largest absolute Gasteiger partial charge is 0.345 e. The number of aromatic nitrogens is 2. The third-order valence-corrected chi connectivity index (χ3v) is 2.49. The first-order valence-corrected chi connectivity index (χ1v) is 5.28. The van der Waals surface area contributed by atoms with Crippen LogP contribution >= 0.6 is 15.9 Å². The molecule has 0 spiro atoms. The maximum absolute atomic E-state index is 11.2. The van der Waals surface area contributed by atoms with Gasteiger partial charge in [-0.1, -0.05) is 28.1 Å². The minimum Gasteiger partial charge on any atom is -0.310 e. The summed E-state index contributed by atoms with van der Waals surface area (Å²) in [5, 5.41) is 0. The lowest BCUT2D eigenvalue weighted by Gasteiger charge is -2.01. The molecule has 0 fully saturated rings. The van der Waals surface area contributed by atoms with E-state index in [2.05, 4.69) is 25.9 Å². The van der Waals surface area contributed by atoms with Crippen molar-refractivity contribution in [3.05, 3.63) is 51.0 Å². The third-order valence-electron chi connectivity index (χ3n) is 2.00. The minimum atomic E-state index is -0.315. The SMILES string of the molecule is Cc1cc(-c2cccc(Br)c2)nc(=O)[nH]1. The molecule has 0 aliphatic heterocycles. The van der Waals surface area contributed by atoms with Crippen molar-refractivity contribution < 1.29 is 0 Å². The van der Waals surface area contributed by atoms with Crippen LogP contribution in [0.2, 0.25) is 0 Å².